The van der Waals surface area contributed by atoms with Crippen LogP contribution in [-0.2, 0) is 61.6 Å². The number of nitrogens with zero attached hydrogens (tertiary/aromatic N) is 8. The van der Waals surface area contributed by atoms with Crippen molar-refractivity contribution in [1.82, 2.24) is 50.8 Å². The number of hydrogen-bond acceptors (Lipinski definition) is 18. The van der Waals surface area contributed by atoms with Gasteiger partial charge in [0.2, 0.25) is 0 Å². The van der Waals surface area contributed by atoms with Crippen molar-refractivity contribution in [1.29, 1.82) is 10.5 Å². The Morgan fingerprint density at radius 1 is 0.548 bits per heavy atom. The lowest BCUT2D eigenvalue weighted by Gasteiger charge is -2.26. The van der Waals surface area contributed by atoms with Crippen LogP contribution in [0.25, 0.3) is 33.2 Å². The maximum atomic E-state index is 13.5. The fourth-order valence-electron chi connectivity index (χ4n) is 12.3. The SMILES string of the molecule is CCc1nc2c(cnn2CC)c(NC2CCOCC2)c1CNC(=O)c1cccc(C(=O)NCc2ccc(C#N)c(-c3cccc(C=O)c3)c2)c1.CCc1nc2c(cnn2CC)c(NC2CCOCC2)c1CNC(=O)c1cccc(C(=O)NCc2ccc(C#N)c(Br)c2)c1.O=Cc1cccc(B(O)O)c1. The van der Waals surface area contributed by atoms with E-state index in [1.807, 2.05) is 47.7 Å². The monoisotopic (exact) mass is 1460 g/mol. The summed E-state index contributed by atoms with van der Waals surface area (Å²) >= 11 is 3.37. The number of anilines is 2. The average Bonchev–Trinajstić information content (AvgIpc) is 1.58. The number of aldehydes is 2. The minimum Gasteiger partial charge on any atom is -0.423 e. The Balaban J connectivity index is 0.000000196. The summed E-state index contributed by atoms with van der Waals surface area (Å²) in [4.78, 5) is 84.4. The molecule has 0 radical (unpaired) electrons. The topological polar surface area (TPSA) is 343 Å². The number of aromatic nitrogens is 6. The molecule has 2 saturated heterocycles. The van der Waals surface area contributed by atoms with Crippen molar-refractivity contribution in [2.75, 3.05) is 37.1 Å². The van der Waals surface area contributed by atoms with Crippen molar-refractivity contribution in [3.8, 4) is 23.3 Å². The van der Waals surface area contributed by atoms with E-state index in [0.29, 0.717) is 119 Å². The molecule has 24 nitrogen and oxygen atoms in total. The summed E-state index contributed by atoms with van der Waals surface area (Å²) in [5.74, 6) is -1.23. The molecule has 0 bridgehead atoms. The van der Waals surface area contributed by atoms with Gasteiger partial charge in [-0.1, -0.05) is 80.6 Å². The molecule has 4 amide bonds. The maximum absolute atomic E-state index is 13.5. The Morgan fingerprint density at radius 2 is 0.971 bits per heavy atom. The molecule has 2 fully saturated rings. The van der Waals surface area contributed by atoms with Gasteiger partial charge in [0.1, 0.15) is 18.6 Å². The van der Waals surface area contributed by atoms with Crippen molar-refractivity contribution in [2.45, 2.75) is 118 Å². The number of hydrogen-bond donors (Lipinski definition) is 8. The largest absolute Gasteiger partial charge is 0.488 e. The number of ether oxygens (including phenoxy) is 2. The molecule has 0 atom stereocenters. The lowest BCUT2D eigenvalue weighted by molar-refractivity contribution is 0.0903. The quantitative estimate of drug-likeness (QED) is 0.0206. The first kappa shape index (κ1) is 75.4. The minimum atomic E-state index is -1.50. The van der Waals surface area contributed by atoms with Crippen molar-refractivity contribution in [3.05, 3.63) is 228 Å². The maximum Gasteiger partial charge on any atom is 0.488 e. The van der Waals surface area contributed by atoms with E-state index in [4.69, 9.17) is 34.8 Å². The molecule has 532 valence electrons. The first-order valence-electron chi connectivity index (χ1n) is 34.5. The van der Waals surface area contributed by atoms with Gasteiger partial charge in [0, 0.05) is 138 Å². The second kappa shape index (κ2) is 36.6. The smallest absolute Gasteiger partial charge is 0.423 e. The second-order valence-corrected chi connectivity index (χ2v) is 25.6. The number of nitrogens with one attached hydrogen (secondary N) is 6. The summed E-state index contributed by atoms with van der Waals surface area (Å²) in [5, 5.41) is 66.5. The highest BCUT2D eigenvalue weighted by Gasteiger charge is 2.26. The van der Waals surface area contributed by atoms with E-state index in [1.165, 1.54) is 12.1 Å². The van der Waals surface area contributed by atoms with Crippen LogP contribution in [0.4, 0.5) is 11.4 Å². The third kappa shape index (κ3) is 18.9. The molecule has 2 aliphatic heterocycles. The molecule has 8 N–H and O–H groups in total. The van der Waals surface area contributed by atoms with Crippen molar-refractivity contribution in [3.63, 3.8) is 0 Å². The zero-order chi connectivity index (χ0) is 73.7. The molecule has 12 rings (SSSR count). The molecule has 0 unspecified atom stereocenters. The van der Waals surface area contributed by atoms with Crippen molar-refractivity contribution < 1.29 is 48.3 Å². The number of rotatable bonds is 24. The first-order valence-corrected chi connectivity index (χ1v) is 35.3. The highest BCUT2D eigenvalue weighted by Crippen LogP contribution is 2.34. The van der Waals surface area contributed by atoms with Crippen LogP contribution >= 0.6 is 15.9 Å². The van der Waals surface area contributed by atoms with Crippen LogP contribution in [0.5, 0.6) is 0 Å². The van der Waals surface area contributed by atoms with Gasteiger partial charge in [-0.15, -0.1) is 0 Å². The number of pyridine rings is 2. The molecule has 0 aliphatic carbocycles. The number of nitriles is 2. The van der Waals surface area contributed by atoms with Crippen molar-refractivity contribution >= 4 is 98.2 Å². The molecular weight excluding hydrogens is 1380 g/mol. The number of benzene rings is 6. The number of carbonyl (C=O) groups excluding carboxylic acids is 6. The van der Waals surface area contributed by atoms with Crippen LogP contribution in [0.2, 0.25) is 0 Å². The number of halogens is 1. The number of carbonyl (C=O) groups is 6. The predicted octanol–water partition coefficient (Wildman–Crippen LogP) is 10.1. The number of aryl methyl sites for hydroxylation is 4. The molecule has 6 heterocycles. The zero-order valence-corrected chi connectivity index (χ0v) is 59.8. The van der Waals surface area contributed by atoms with Crippen LogP contribution in [0.15, 0.2) is 150 Å². The van der Waals surface area contributed by atoms with Crippen LogP contribution in [0.1, 0.15) is 160 Å². The summed E-state index contributed by atoms with van der Waals surface area (Å²) in [7, 11) is -1.50. The molecule has 0 spiro atoms. The van der Waals surface area contributed by atoms with Gasteiger partial charge in [-0.05, 0) is 163 Å². The van der Waals surface area contributed by atoms with Gasteiger partial charge in [0.05, 0.1) is 51.7 Å². The molecule has 2 aliphatic rings. The fraction of sp³-hybridized carbons (Fsp3) is 0.282. The summed E-state index contributed by atoms with van der Waals surface area (Å²) in [5.41, 5.74) is 14.0. The van der Waals surface area contributed by atoms with E-state index in [0.717, 1.165) is 105 Å². The molecule has 0 saturated carbocycles. The summed E-state index contributed by atoms with van der Waals surface area (Å²) in [6.07, 6.45) is 10.0. The minimum absolute atomic E-state index is 0.202. The lowest BCUT2D eigenvalue weighted by atomic mass is 9.80. The van der Waals surface area contributed by atoms with Gasteiger partial charge in [-0.25, -0.2) is 19.3 Å². The van der Waals surface area contributed by atoms with E-state index in [2.05, 4.69) is 84.0 Å². The normalized spacial score (nSPS) is 12.8. The summed E-state index contributed by atoms with van der Waals surface area (Å²) in [6.45, 7) is 13.4. The van der Waals surface area contributed by atoms with Gasteiger partial charge in [0.15, 0.2) is 11.3 Å². The highest BCUT2D eigenvalue weighted by atomic mass is 79.9. The molecule has 4 aromatic heterocycles. The molecule has 104 heavy (non-hydrogen) atoms. The zero-order valence-electron chi connectivity index (χ0n) is 58.2. The lowest BCUT2D eigenvalue weighted by Crippen LogP contribution is -2.30. The average molecular weight is 1460 g/mol. The molecular formula is C78H80BBrN14O10. The van der Waals surface area contributed by atoms with E-state index in [-0.39, 0.29) is 61.9 Å². The van der Waals surface area contributed by atoms with E-state index in [1.54, 1.807) is 109 Å². The summed E-state index contributed by atoms with van der Waals surface area (Å²) < 4.78 is 15.6. The van der Waals surface area contributed by atoms with Crippen molar-refractivity contribution in [2.24, 2.45) is 0 Å². The second-order valence-electron chi connectivity index (χ2n) is 24.7. The van der Waals surface area contributed by atoms with Gasteiger partial charge in [-0.2, -0.15) is 20.7 Å². The Bertz CT molecular complexity index is 4860. The first-order chi connectivity index (χ1) is 50.6. The Morgan fingerprint density at radius 3 is 1.39 bits per heavy atom. The van der Waals surface area contributed by atoms with Crippen LogP contribution in [0.3, 0.4) is 0 Å². The van der Waals surface area contributed by atoms with Gasteiger partial charge in [-0.3, -0.25) is 28.8 Å². The van der Waals surface area contributed by atoms with Crippen LogP contribution in [-0.4, -0.2) is 121 Å². The highest BCUT2D eigenvalue weighted by molar-refractivity contribution is 9.10. The standard InChI is InChI=1S/C39H39N7O4.C32H34BrN7O3.C7H7BO3/c1-3-35-33(36(44-31-13-15-50-16-14-31)34-23-43-46(4-2)37(34)45-35)22-42-39(49)29-10-6-9-28(19-29)38(48)41-21-25-11-12-30(20-40)32(18-25)27-8-5-7-26(17-27)24-47;1-3-28-25(29(38-24-10-12-43-13-11-24)26-19-37-40(4-2)30(26)39-28)18-36-32(42)22-7-5-6-21(15-22)31(41)35-17-20-8-9-23(16-34)27(33)14-20;9-5-6-2-1-3-7(4-6)8(10)11/h5-12,17-19,23-24,31H,3-4,13-16,21-22H2,1-2H3,(H,41,48)(H,42,49)(H,44,45);5-9,14-15,19,24H,3-4,10-13,17-18H2,1-2H3,(H,35,41)(H,36,42)(H,38,39);1-5,10-11H. The fourth-order valence-corrected chi connectivity index (χ4v) is 12.8. The third-order valence-electron chi connectivity index (χ3n) is 17.9. The Labute approximate surface area is 610 Å². The number of fused-ring (bicyclic) bond motifs is 2. The van der Waals surface area contributed by atoms with Gasteiger partial charge in [0.25, 0.3) is 23.6 Å². The summed E-state index contributed by atoms with van der Waals surface area (Å²) in [6, 6.07) is 41.9. The van der Waals surface area contributed by atoms with E-state index >= 15 is 0 Å². The van der Waals surface area contributed by atoms with E-state index < -0.39 is 7.12 Å². The van der Waals surface area contributed by atoms with Crippen LogP contribution < -0.4 is 37.4 Å². The molecule has 10 aromatic rings. The van der Waals surface area contributed by atoms with Gasteiger partial charge >= 0.3 is 7.12 Å². The van der Waals surface area contributed by atoms with Gasteiger partial charge < -0.3 is 51.4 Å². The number of amides is 4. The van der Waals surface area contributed by atoms with Crippen LogP contribution in [0, 0.1) is 22.7 Å². The third-order valence-corrected chi connectivity index (χ3v) is 18.6. The Kier molecular flexibility index (Phi) is 26.5. The molecule has 26 heteroatoms. The molecule has 6 aromatic carbocycles. The Hall–Kier alpha value is -11.3. The van der Waals surface area contributed by atoms with E-state index in [9.17, 15) is 34.0 Å². The predicted molar refractivity (Wildman–Crippen MR) is 400 cm³/mol.